The summed E-state index contributed by atoms with van der Waals surface area (Å²) in [4.78, 5) is 53.4. The number of benzene rings is 1. The van der Waals surface area contributed by atoms with E-state index in [0.717, 1.165) is 30.4 Å². The first-order chi connectivity index (χ1) is 13.5. The molecule has 0 bridgehead atoms. The Morgan fingerprint density at radius 1 is 0.929 bits per heavy atom. The quantitative estimate of drug-likeness (QED) is 0.836. The molecule has 2 aromatic rings. The molecule has 2 amide bonds. The van der Waals surface area contributed by atoms with Crippen LogP contribution in [0.15, 0.2) is 33.9 Å². The third-order valence-corrected chi connectivity index (χ3v) is 5.83. The van der Waals surface area contributed by atoms with Crippen molar-refractivity contribution < 1.29 is 9.59 Å². The topological polar surface area (TPSA) is 95.5 Å². The molecule has 1 aromatic heterocycles. The summed E-state index contributed by atoms with van der Waals surface area (Å²) in [6.07, 6.45) is 4.17. The highest BCUT2D eigenvalue weighted by atomic mass is 16.2. The summed E-state index contributed by atoms with van der Waals surface area (Å²) in [5.41, 5.74) is -0.784. The smallest absolute Gasteiger partial charge is 0.273 e. The fourth-order valence-electron chi connectivity index (χ4n) is 4.20. The molecule has 0 radical (unpaired) electrons. The molecule has 1 N–H and O–H groups in total. The average molecular weight is 384 g/mol. The predicted octanol–water partition coefficient (Wildman–Crippen LogP) is 0.551. The van der Waals surface area contributed by atoms with E-state index in [1.165, 1.54) is 0 Å². The number of fused-ring (bicyclic) bond motifs is 1. The molecule has 8 heteroatoms. The fraction of sp³-hybridized carbons (Fsp3) is 0.500. The molecule has 2 aliphatic rings. The maximum absolute atomic E-state index is 12.6. The first kappa shape index (κ1) is 18.5. The number of aromatic amines is 1. The van der Waals surface area contributed by atoms with E-state index in [1.807, 2.05) is 4.90 Å². The van der Waals surface area contributed by atoms with Crippen LogP contribution in [0.5, 0.6) is 0 Å². The van der Waals surface area contributed by atoms with Crippen LogP contribution < -0.4 is 11.1 Å². The van der Waals surface area contributed by atoms with Crippen LogP contribution in [0.2, 0.25) is 0 Å². The second-order valence-electron chi connectivity index (χ2n) is 7.57. The first-order valence-corrected chi connectivity index (χ1v) is 9.83. The molecule has 2 heterocycles. The Labute approximate surface area is 161 Å². The highest BCUT2D eigenvalue weighted by molar-refractivity contribution is 5.82. The molecule has 1 aromatic carbocycles. The highest BCUT2D eigenvalue weighted by Crippen LogP contribution is 2.26. The van der Waals surface area contributed by atoms with Gasteiger partial charge in [-0.3, -0.25) is 24.3 Å². The van der Waals surface area contributed by atoms with Crippen LogP contribution in [-0.4, -0.2) is 57.6 Å². The summed E-state index contributed by atoms with van der Waals surface area (Å²) in [6.45, 7) is 1.72. The van der Waals surface area contributed by atoms with Crippen LogP contribution in [-0.2, 0) is 16.1 Å². The minimum absolute atomic E-state index is 0.142. The van der Waals surface area contributed by atoms with Crippen molar-refractivity contribution in [3.63, 3.8) is 0 Å². The molecule has 1 aliphatic carbocycles. The highest BCUT2D eigenvalue weighted by Gasteiger charge is 2.30. The minimum atomic E-state index is -0.394. The number of hydrogen-bond acceptors (Lipinski definition) is 4. The van der Waals surface area contributed by atoms with Crippen molar-refractivity contribution >= 4 is 22.6 Å². The van der Waals surface area contributed by atoms with Crippen LogP contribution in [0, 0.1) is 5.92 Å². The van der Waals surface area contributed by atoms with Gasteiger partial charge < -0.3 is 9.80 Å². The Kier molecular flexibility index (Phi) is 5.02. The maximum Gasteiger partial charge on any atom is 0.273 e. The predicted molar refractivity (Wildman–Crippen MR) is 104 cm³/mol. The standard InChI is InChI=1S/C20H24N4O4/c25-17(13-24-20(28)16-8-4-3-7-15(16)18(26)21-24)22-9-11-23(12-10-22)19(27)14-5-1-2-6-14/h3-4,7-8,14H,1-2,5-6,9-13H2,(H,21,26). The molecule has 4 rings (SSSR count). The van der Waals surface area contributed by atoms with Crippen molar-refractivity contribution in [2.24, 2.45) is 5.92 Å². The van der Waals surface area contributed by atoms with Crippen LogP contribution in [0.25, 0.3) is 10.8 Å². The van der Waals surface area contributed by atoms with Gasteiger partial charge in [0.05, 0.1) is 10.8 Å². The summed E-state index contributed by atoms with van der Waals surface area (Å²) in [5, 5.41) is 3.10. The van der Waals surface area contributed by atoms with Crippen LogP contribution in [0.4, 0.5) is 0 Å². The maximum atomic E-state index is 12.6. The number of carbonyl (C=O) groups is 2. The molecule has 1 saturated heterocycles. The number of H-pyrrole nitrogens is 1. The normalized spacial score (nSPS) is 18.0. The summed E-state index contributed by atoms with van der Waals surface area (Å²) in [5.74, 6) is 0.115. The third kappa shape index (κ3) is 3.46. The van der Waals surface area contributed by atoms with Crippen LogP contribution >= 0.6 is 0 Å². The van der Waals surface area contributed by atoms with Crippen molar-refractivity contribution in [2.75, 3.05) is 26.2 Å². The number of aromatic nitrogens is 2. The lowest BCUT2D eigenvalue weighted by Gasteiger charge is -2.36. The molecule has 0 atom stereocenters. The third-order valence-electron chi connectivity index (χ3n) is 5.83. The SMILES string of the molecule is O=C(Cn1[nH]c(=O)c2ccccc2c1=O)N1CCN(C(=O)C2CCCC2)CC1. The monoisotopic (exact) mass is 384 g/mol. The van der Waals surface area contributed by atoms with E-state index >= 15 is 0 Å². The van der Waals surface area contributed by atoms with Gasteiger partial charge in [0, 0.05) is 32.1 Å². The van der Waals surface area contributed by atoms with Crippen molar-refractivity contribution in [2.45, 2.75) is 32.2 Å². The largest absolute Gasteiger partial charge is 0.339 e. The van der Waals surface area contributed by atoms with Gasteiger partial charge in [0.25, 0.3) is 11.1 Å². The molecule has 8 nitrogen and oxygen atoms in total. The summed E-state index contributed by atoms with van der Waals surface area (Å²) in [7, 11) is 0. The zero-order valence-corrected chi connectivity index (χ0v) is 15.7. The number of piperazine rings is 1. The van der Waals surface area contributed by atoms with E-state index in [4.69, 9.17) is 0 Å². The Morgan fingerprint density at radius 2 is 1.54 bits per heavy atom. The number of nitrogens with zero attached hydrogens (tertiary/aromatic N) is 3. The lowest BCUT2D eigenvalue weighted by molar-refractivity contribution is -0.142. The molecule has 0 spiro atoms. The fourth-order valence-corrected chi connectivity index (χ4v) is 4.20. The van der Waals surface area contributed by atoms with Gasteiger partial charge in [-0.25, -0.2) is 4.68 Å². The Bertz CT molecular complexity index is 1010. The Hall–Kier alpha value is -2.90. The van der Waals surface area contributed by atoms with E-state index in [-0.39, 0.29) is 24.3 Å². The van der Waals surface area contributed by atoms with Gasteiger partial charge in [0.2, 0.25) is 11.8 Å². The van der Waals surface area contributed by atoms with Crippen molar-refractivity contribution in [3.05, 3.63) is 45.0 Å². The van der Waals surface area contributed by atoms with E-state index in [2.05, 4.69) is 5.10 Å². The van der Waals surface area contributed by atoms with Crippen molar-refractivity contribution in [1.29, 1.82) is 0 Å². The number of nitrogens with one attached hydrogen (secondary N) is 1. The van der Waals surface area contributed by atoms with Gasteiger partial charge in [0.15, 0.2) is 0 Å². The van der Waals surface area contributed by atoms with Crippen molar-refractivity contribution in [1.82, 2.24) is 19.6 Å². The van der Waals surface area contributed by atoms with Gasteiger partial charge >= 0.3 is 0 Å². The zero-order chi connectivity index (χ0) is 19.7. The zero-order valence-electron chi connectivity index (χ0n) is 15.7. The lowest BCUT2D eigenvalue weighted by Crippen LogP contribution is -2.52. The van der Waals surface area contributed by atoms with Gasteiger partial charge in [0.1, 0.15) is 6.54 Å². The second kappa shape index (κ2) is 7.61. The molecule has 28 heavy (non-hydrogen) atoms. The molecule has 1 saturated carbocycles. The van der Waals surface area contributed by atoms with E-state index in [0.29, 0.717) is 37.0 Å². The summed E-state index contributed by atoms with van der Waals surface area (Å²) >= 11 is 0. The number of rotatable bonds is 3. The lowest BCUT2D eigenvalue weighted by atomic mass is 10.1. The van der Waals surface area contributed by atoms with Crippen LogP contribution in [0.3, 0.4) is 0 Å². The van der Waals surface area contributed by atoms with Crippen LogP contribution in [0.1, 0.15) is 25.7 Å². The van der Waals surface area contributed by atoms with E-state index in [9.17, 15) is 19.2 Å². The summed E-state index contributed by atoms with van der Waals surface area (Å²) < 4.78 is 1.07. The Balaban J connectivity index is 1.42. The number of carbonyl (C=O) groups excluding carboxylic acids is 2. The summed E-state index contributed by atoms with van der Waals surface area (Å²) in [6, 6.07) is 6.55. The second-order valence-corrected chi connectivity index (χ2v) is 7.57. The molecule has 0 unspecified atom stereocenters. The van der Waals surface area contributed by atoms with Gasteiger partial charge in [-0.2, -0.15) is 0 Å². The number of hydrogen-bond donors (Lipinski definition) is 1. The van der Waals surface area contributed by atoms with Crippen molar-refractivity contribution in [3.8, 4) is 0 Å². The molecular formula is C20H24N4O4. The van der Waals surface area contributed by atoms with E-state index in [1.54, 1.807) is 29.2 Å². The van der Waals surface area contributed by atoms with E-state index < -0.39 is 11.1 Å². The van der Waals surface area contributed by atoms with Gasteiger partial charge in [-0.15, -0.1) is 0 Å². The molecule has 148 valence electrons. The molecular weight excluding hydrogens is 360 g/mol. The molecule has 1 aliphatic heterocycles. The van der Waals surface area contributed by atoms with Gasteiger partial charge in [-0.05, 0) is 25.0 Å². The average Bonchev–Trinajstić information content (AvgIpc) is 3.26. The molecule has 2 fully saturated rings. The minimum Gasteiger partial charge on any atom is -0.339 e. The first-order valence-electron chi connectivity index (χ1n) is 9.83. The van der Waals surface area contributed by atoms with Gasteiger partial charge in [-0.1, -0.05) is 25.0 Å². The Morgan fingerprint density at radius 3 is 2.21 bits per heavy atom. The number of amides is 2.